The number of anilines is 1. The zero-order valence-electron chi connectivity index (χ0n) is 8.89. The molecule has 0 saturated carbocycles. The standard InChI is InChI=1S/C8H11ClF3N3S/c1-4(9)7(2,3)14-6-13-5(15-16-6)8(10,11)12/h4H,1-3H3,(H,13,14,15). The largest absolute Gasteiger partial charge is 0.452 e. The molecule has 0 aliphatic heterocycles. The van der Waals surface area contributed by atoms with Crippen molar-refractivity contribution in [1.29, 1.82) is 0 Å². The summed E-state index contributed by atoms with van der Waals surface area (Å²) in [4.78, 5) is 3.36. The van der Waals surface area contributed by atoms with Crippen LogP contribution in [-0.4, -0.2) is 20.3 Å². The molecule has 0 amide bonds. The summed E-state index contributed by atoms with van der Waals surface area (Å²) in [6.07, 6.45) is -4.51. The normalized spacial score (nSPS) is 14.9. The van der Waals surface area contributed by atoms with Crippen LogP contribution in [0, 0.1) is 0 Å². The molecule has 1 aromatic heterocycles. The number of halogens is 4. The Bertz CT molecular complexity index is 362. The van der Waals surface area contributed by atoms with E-state index in [-0.39, 0.29) is 10.5 Å². The molecule has 1 rings (SSSR count). The maximum absolute atomic E-state index is 12.2. The molecule has 0 bridgehead atoms. The van der Waals surface area contributed by atoms with E-state index in [2.05, 4.69) is 14.7 Å². The number of alkyl halides is 4. The van der Waals surface area contributed by atoms with E-state index in [4.69, 9.17) is 11.6 Å². The first-order chi connectivity index (χ1) is 7.13. The fourth-order valence-electron chi connectivity index (χ4n) is 0.764. The summed E-state index contributed by atoms with van der Waals surface area (Å²) < 4.78 is 39.9. The Morgan fingerprint density at radius 1 is 1.38 bits per heavy atom. The molecule has 1 atom stereocenters. The van der Waals surface area contributed by atoms with Gasteiger partial charge in [-0.3, -0.25) is 0 Å². The Hall–Kier alpha value is -0.560. The fourth-order valence-corrected chi connectivity index (χ4v) is 1.57. The molecule has 0 radical (unpaired) electrons. The van der Waals surface area contributed by atoms with Crippen molar-refractivity contribution in [2.24, 2.45) is 0 Å². The molecule has 0 fully saturated rings. The summed E-state index contributed by atoms with van der Waals surface area (Å²) in [5.41, 5.74) is -0.552. The third-order valence-electron chi connectivity index (χ3n) is 2.10. The van der Waals surface area contributed by atoms with Crippen LogP contribution in [0.2, 0.25) is 0 Å². The van der Waals surface area contributed by atoms with E-state index in [1.807, 2.05) is 0 Å². The van der Waals surface area contributed by atoms with Gasteiger partial charge in [0.25, 0.3) is 0 Å². The van der Waals surface area contributed by atoms with Crippen LogP contribution >= 0.6 is 23.1 Å². The highest BCUT2D eigenvalue weighted by Crippen LogP contribution is 2.30. The predicted molar refractivity (Wildman–Crippen MR) is 57.9 cm³/mol. The van der Waals surface area contributed by atoms with Crippen molar-refractivity contribution in [3.05, 3.63) is 5.82 Å². The third-order valence-corrected chi connectivity index (χ3v) is 3.28. The zero-order valence-corrected chi connectivity index (χ0v) is 10.5. The van der Waals surface area contributed by atoms with E-state index < -0.39 is 17.5 Å². The van der Waals surface area contributed by atoms with Gasteiger partial charge in [-0.25, -0.2) is 0 Å². The van der Waals surface area contributed by atoms with Gasteiger partial charge in [0.05, 0.1) is 10.9 Å². The fraction of sp³-hybridized carbons (Fsp3) is 0.750. The van der Waals surface area contributed by atoms with Crippen molar-refractivity contribution >= 4 is 28.3 Å². The lowest BCUT2D eigenvalue weighted by Crippen LogP contribution is -2.38. The van der Waals surface area contributed by atoms with Crippen molar-refractivity contribution in [2.45, 2.75) is 37.9 Å². The molecule has 0 saturated heterocycles. The smallest absolute Gasteiger partial charge is 0.354 e. The summed E-state index contributed by atoms with van der Waals surface area (Å²) in [5, 5.41) is 2.68. The first-order valence-electron chi connectivity index (χ1n) is 4.46. The zero-order chi connectivity index (χ0) is 12.6. The number of nitrogens with one attached hydrogen (secondary N) is 1. The molecule has 92 valence electrons. The number of hydrogen-bond acceptors (Lipinski definition) is 4. The van der Waals surface area contributed by atoms with Crippen LogP contribution in [-0.2, 0) is 6.18 Å². The lowest BCUT2D eigenvalue weighted by Gasteiger charge is -2.28. The van der Waals surface area contributed by atoms with Gasteiger partial charge < -0.3 is 5.32 Å². The molecule has 1 aromatic rings. The molecular formula is C8H11ClF3N3S. The quantitative estimate of drug-likeness (QED) is 0.858. The number of rotatable bonds is 3. The molecular weight excluding hydrogens is 263 g/mol. The molecule has 1 unspecified atom stereocenters. The molecule has 16 heavy (non-hydrogen) atoms. The van der Waals surface area contributed by atoms with Crippen LogP contribution in [0.25, 0.3) is 0 Å². The van der Waals surface area contributed by atoms with E-state index in [0.29, 0.717) is 11.5 Å². The molecule has 0 aliphatic rings. The van der Waals surface area contributed by atoms with Crippen LogP contribution in [0.15, 0.2) is 0 Å². The Balaban J connectivity index is 2.81. The second-order valence-corrected chi connectivity index (χ2v) is 5.29. The van der Waals surface area contributed by atoms with Gasteiger partial charge in [0.15, 0.2) is 0 Å². The van der Waals surface area contributed by atoms with Crippen LogP contribution in [0.5, 0.6) is 0 Å². The van der Waals surface area contributed by atoms with E-state index in [9.17, 15) is 13.2 Å². The highest BCUT2D eigenvalue weighted by Gasteiger charge is 2.36. The van der Waals surface area contributed by atoms with Crippen LogP contribution in [0.3, 0.4) is 0 Å². The van der Waals surface area contributed by atoms with E-state index >= 15 is 0 Å². The Labute approximate surface area is 100 Å². The van der Waals surface area contributed by atoms with Crippen LogP contribution < -0.4 is 5.32 Å². The van der Waals surface area contributed by atoms with Gasteiger partial charge in [-0.05, 0) is 20.8 Å². The van der Waals surface area contributed by atoms with Crippen LogP contribution in [0.4, 0.5) is 18.3 Å². The first kappa shape index (κ1) is 13.5. The van der Waals surface area contributed by atoms with Crippen molar-refractivity contribution < 1.29 is 13.2 Å². The van der Waals surface area contributed by atoms with Gasteiger partial charge in [-0.2, -0.15) is 22.5 Å². The molecule has 0 aromatic carbocycles. The average molecular weight is 274 g/mol. The second-order valence-electron chi connectivity index (χ2n) is 3.88. The molecule has 1 heterocycles. The summed E-state index contributed by atoms with van der Waals surface area (Å²) in [7, 11) is 0. The lowest BCUT2D eigenvalue weighted by molar-refractivity contribution is -0.144. The van der Waals surface area contributed by atoms with Gasteiger partial charge in [0.2, 0.25) is 11.0 Å². The van der Waals surface area contributed by atoms with Gasteiger partial charge >= 0.3 is 6.18 Å². The maximum atomic E-state index is 12.2. The molecule has 1 N–H and O–H groups in total. The number of hydrogen-bond donors (Lipinski definition) is 1. The summed E-state index contributed by atoms with van der Waals surface area (Å²) in [6, 6.07) is 0. The summed E-state index contributed by atoms with van der Waals surface area (Å²) in [5.74, 6) is -1.13. The van der Waals surface area contributed by atoms with Crippen molar-refractivity contribution in [2.75, 3.05) is 5.32 Å². The third kappa shape index (κ3) is 3.21. The monoisotopic (exact) mass is 273 g/mol. The van der Waals surface area contributed by atoms with Crippen molar-refractivity contribution in [3.63, 3.8) is 0 Å². The molecule has 0 spiro atoms. The van der Waals surface area contributed by atoms with E-state index in [1.165, 1.54) is 0 Å². The minimum atomic E-state index is -4.51. The first-order valence-corrected chi connectivity index (χ1v) is 5.67. The van der Waals surface area contributed by atoms with Crippen molar-refractivity contribution in [3.8, 4) is 0 Å². The van der Waals surface area contributed by atoms with Gasteiger partial charge in [0.1, 0.15) is 0 Å². The Kier molecular flexibility index (Phi) is 3.69. The average Bonchev–Trinajstić information content (AvgIpc) is 2.50. The van der Waals surface area contributed by atoms with Gasteiger partial charge in [-0.15, -0.1) is 11.6 Å². The lowest BCUT2D eigenvalue weighted by atomic mass is 10.0. The highest BCUT2D eigenvalue weighted by molar-refractivity contribution is 7.09. The summed E-state index contributed by atoms with van der Waals surface area (Å²) in [6.45, 7) is 5.30. The SMILES string of the molecule is CC(Cl)C(C)(C)Nc1nc(C(F)(F)F)ns1. The summed E-state index contributed by atoms with van der Waals surface area (Å²) >= 11 is 6.56. The predicted octanol–water partition coefficient (Wildman–Crippen LogP) is 3.37. The topological polar surface area (TPSA) is 37.8 Å². The highest BCUT2D eigenvalue weighted by atomic mass is 35.5. The minimum Gasteiger partial charge on any atom is -0.354 e. The number of aromatic nitrogens is 2. The number of nitrogens with zero attached hydrogens (tertiary/aromatic N) is 2. The Morgan fingerprint density at radius 2 is 1.94 bits per heavy atom. The molecule has 8 heteroatoms. The second kappa shape index (κ2) is 4.37. The molecule has 3 nitrogen and oxygen atoms in total. The Morgan fingerprint density at radius 3 is 2.31 bits per heavy atom. The maximum Gasteiger partial charge on any atom is 0.452 e. The minimum absolute atomic E-state index is 0.116. The molecule has 0 aliphatic carbocycles. The van der Waals surface area contributed by atoms with E-state index in [1.54, 1.807) is 20.8 Å². The van der Waals surface area contributed by atoms with Gasteiger partial charge in [-0.1, -0.05) is 0 Å². The van der Waals surface area contributed by atoms with Crippen molar-refractivity contribution in [1.82, 2.24) is 9.36 Å². The van der Waals surface area contributed by atoms with Gasteiger partial charge in [0, 0.05) is 11.5 Å². The van der Waals surface area contributed by atoms with E-state index in [0.717, 1.165) is 0 Å². The van der Waals surface area contributed by atoms with Crippen LogP contribution in [0.1, 0.15) is 26.6 Å².